The van der Waals surface area contributed by atoms with Crippen LogP contribution in [0.25, 0.3) is 0 Å². The summed E-state index contributed by atoms with van der Waals surface area (Å²) in [5.41, 5.74) is 1.37. The molecule has 41 heavy (non-hydrogen) atoms. The molecule has 0 fully saturated rings. The lowest BCUT2D eigenvalue weighted by Crippen LogP contribution is -2.50. The first kappa shape index (κ1) is 31.9. The molecule has 12 heteroatoms. The predicted octanol–water partition coefficient (Wildman–Crippen LogP) is 1.69. The minimum atomic E-state index is -3.65. The molecule has 2 aromatic rings. The number of nitrogens with one attached hydrogen (secondary N) is 4. The van der Waals surface area contributed by atoms with Gasteiger partial charge in [0.1, 0.15) is 12.4 Å². The summed E-state index contributed by atoms with van der Waals surface area (Å²) in [7, 11) is -2.29. The van der Waals surface area contributed by atoms with Crippen LogP contribution in [0, 0.1) is 5.92 Å². The van der Waals surface area contributed by atoms with Crippen LogP contribution in [-0.4, -0.2) is 77.8 Å². The maximum atomic E-state index is 13.6. The molecular weight excluding hydrogens is 546 g/mol. The van der Waals surface area contributed by atoms with Gasteiger partial charge in [-0.1, -0.05) is 32.9 Å². The number of fused-ring (bicyclic) bond motifs is 4. The van der Waals surface area contributed by atoms with E-state index >= 15 is 0 Å². The van der Waals surface area contributed by atoms with E-state index < -0.39 is 33.9 Å². The number of hydrogen-bond acceptors (Lipinski definition) is 7. The van der Waals surface area contributed by atoms with Gasteiger partial charge >= 0.3 is 0 Å². The number of hydrogen-bond donors (Lipinski definition) is 4. The Morgan fingerprint density at radius 3 is 2.49 bits per heavy atom. The molecule has 0 radical (unpaired) electrons. The van der Waals surface area contributed by atoms with Crippen LogP contribution in [0.1, 0.15) is 53.5 Å². The second-order valence-corrected chi connectivity index (χ2v) is 12.6. The zero-order valence-corrected chi connectivity index (χ0v) is 25.1. The maximum Gasteiger partial charge on any atom is 0.251 e. The molecule has 0 spiro atoms. The minimum absolute atomic E-state index is 0.104. The highest BCUT2D eigenvalue weighted by Gasteiger charge is 2.23. The van der Waals surface area contributed by atoms with Crippen molar-refractivity contribution in [3.05, 3.63) is 59.2 Å². The highest BCUT2D eigenvalue weighted by atomic mass is 32.2. The monoisotopic (exact) mass is 587 g/mol. The summed E-state index contributed by atoms with van der Waals surface area (Å²) < 4.78 is 31.3. The molecular formula is C29H41N5O6S. The van der Waals surface area contributed by atoms with E-state index in [4.69, 9.17) is 4.74 Å². The van der Waals surface area contributed by atoms with Crippen LogP contribution in [0.2, 0.25) is 0 Å². The Labute approximate surface area is 242 Å². The summed E-state index contributed by atoms with van der Waals surface area (Å²) in [4.78, 5) is 39.2. The normalized spacial score (nSPS) is 16.9. The van der Waals surface area contributed by atoms with Crippen LogP contribution in [0.15, 0.2) is 42.5 Å². The largest absolute Gasteiger partial charge is 0.492 e. The fourth-order valence-corrected chi connectivity index (χ4v) is 4.80. The van der Waals surface area contributed by atoms with Crippen molar-refractivity contribution < 1.29 is 27.5 Å². The number of anilines is 1. The third-order valence-corrected chi connectivity index (χ3v) is 7.90. The van der Waals surface area contributed by atoms with E-state index in [2.05, 4.69) is 21.3 Å². The number of carbonyl (C=O) groups excluding carboxylic acids is 3. The van der Waals surface area contributed by atoms with E-state index in [-0.39, 0.29) is 35.9 Å². The van der Waals surface area contributed by atoms with E-state index in [9.17, 15) is 22.8 Å². The average Bonchev–Trinajstić information content (AvgIpc) is 2.92. The van der Waals surface area contributed by atoms with Crippen molar-refractivity contribution in [2.45, 2.75) is 45.7 Å². The van der Waals surface area contributed by atoms with Crippen LogP contribution in [-0.2, 0) is 21.2 Å². The van der Waals surface area contributed by atoms with Gasteiger partial charge in [-0.3, -0.25) is 18.7 Å². The SMILES string of the molecule is CCC(NCC1Cc2cccc(c2)OCCNC(=O)c2cc(cc(N(C)S(C)(=O)=O)c2)C(=O)N1)C(=O)NCC(C)C. The Balaban J connectivity index is 1.94. The lowest BCUT2D eigenvalue weighted by Gasteiger charge is -2.24. The molecule has 11 nitrogen and oxygen atoms in total. The van der Waals surface area contributed by atoms with Gasteiger partial charge in [0.2, 0.25) is 15.9 Å². The lowest BCUT2D eigenvalue weighted by molar-refractivity contribution is -0.123. The van der Waals surface area contributed by atoms with Crippen molar-refractivity contribution in [3.8, 4) is 5.75 Å². The third-order valence-electron chi connectivity index (χ3n) is 6.70. The molecule has 4 bridgehead atoms. The van der Waals surface area contributed by atoms with Gasteiger partial charge in [-0.05, 0) is 54.7 Å². The smallest absolute Gasteiger partial charge is 0.251 e. The Bertz CT molecular complexity index is 1350. The van der Waals surface area contributed by atoms with E-state index in [0.29, 0.717) is 37.6 Å². The summed E-state index contributed by atoms with van der Waals surface area (Å²) in [6.07, 6.45) is 2.04. The summed E-state index contributed by atoms with van der Waals surface area (Å²) in [6, 6.07) is 10.9. The molecule has 3 rings (SSSR count). The zero-order valence-electron chi connectivity index (χ0n) is 24.3. The first-order chi connectivity index (χ1) is 19.4. The number of sulfonamides is 1. The third kappa shape index (κ3) is 9.46. The molecule has 2 aromatic carbocycles. The van der Waals surface area contributed by atoms with Crippen molar-refractivity contribution in [2.75, 3.05) is 43.8 Å². The lowest BCUT2D eigenvalue weighted by atomic mass is 10.0. The van der Waals surface area contributed by atoms with Crippen molar-refractivity contribution in [1.82, 2.24) is 21.3 Å². The molecule has 3 amide bonds. The molecule has 0 aliphatic carbocycles. The fourth-order valence-electron chi connectivity index (χ4n) is 4.31. The van der Waals surface area contributed by atoms with Crippen molar-refractivity contribution >= 4 is 33.4 Å². The number of rotatable bonds is 9. The quantitative estimate of drug-likeness (QED) is 0.349. The van der Waals surface area contributed by atoms with Gasteiger partial charge in [0.15, 0.2) is 0 Å². The fraction of sp³-hybridized carbons (Fsp3) is 0.483. The number of nitrogens with zero attached hydrogens (tertiary/aromatic N) is 1. The number of carbonyl (C=O) groups is 3. The molecule has 1 heterocycles. The van der Waals surface area contributed by atoms with Crippen molar-refractivity contribution in [2.24, 2.45) is 5.92 Å². The van der Waals surface area contributed by atoms with Gasteiger partial charge in [-0.2, -0.15) is 0 Å². The van der Waals surface area contributed by atoms with Crippen LogP contribution < -0.4 is 30.3 Å². The van der Waals surface area contributed by atoms with Gasteiger partial charge in [0.25, 0.3) is 11.8 Å². The molecule has 224 valence electrons. The summed E-state index contributed by atoms with van der Waals surface area (Å²) in [5.74, 6) is -0.104. The van der Waals surface area contributed by atoms with E-state index in [1.54, 1.807) is 0 Å². The Morgan fingerprint density at radius 2 is 1.83 bits per heavy atom. The van der Waals surface area contributed by atoms with Gasteiger partial charge in [-0.15, -0.1) is 0 Å². The Kier molecular flexibility index (Phi) is 11.1. The van der Waals surface area contributed by atoms with E-state index in [0.717, 1.165) is 16.1 Å². The maximum absolute atomic E-state index is 13.6. The van der Waals surface area contributed by atoms with E-state index in [1.807, 2.05) is 45.0 Å². The Hall–Kier alpha value is -3.64. The highest BCUT2D eigenvalue weighted by molar-refractivity contribution is 7.92. The van der Waals surface area contributed by atoms with Crippen LogP contribution in [0.3, 0.4) is 0 Å². The van der Waals surface area contributed by atoms with Crippen LogP contribution >= 0.6 is 0 Å². The van der Waals surface area contributed by atoms with Gasteiger partial charge in [0.05, 0.1) is 24.5 Å². The molecule has 1 aliphatic rings. The molecule has 0 aromatic heterocycles. The molecule has 0 saturated heterocycles. The number of benzene rings is 2. The molecule has 0 saturated carbocycles. The second kappa shape index (κ2) is 14.3. The van der Waals surface area contributed by atoms with Gasteiger partial charge in [0, 0.05) is 37.3 Å². The Morgan fingerprint density at radius 1 is 1.12 bits per heavy atom. The molecule has 4 N–H and O–H groups in total. The summed E-state index contributed by atoms with van der Waals surface area (Å²) in [6.45, 7) is 7.25. The first-order valence-electron chi connectivity index (χ1n) is 13.8. The second-order valence-electron chi connectivity index (χ2n) is 10.6. The molecule has 2 atom stereocenters. The van der Waals surface area contributed by atoms with Crippen molar-refractivity contribution in [1.29, 1.82) is 0 Å². The van der Waals surface area contributed by atoms with Crippen LogP contribution in [0.4, 0.5) is 5.69 Å². The average molecular weight is 588 g/mol. The topological polar surface area (TPSA) is 146 Å². The molecule has 1 aliphatic heterocycles. The summed E-state index contributed by atoms with van der Waals surface area (Å²) in [5, 5.41) is 12.0. The summed E-state index contributed by atoms with van der Waals surface area (Å²) >= 11 is 0. The first-order valence-corrected chi connectivity index (χ1v) is 15.6. The zero-order chi connectivity index (χ0) is 30.2. The van der Waals surface area contributed by atoms with Crippen LogP contribution in [0.5, 0.6) is 5.75 Å². The predicted molar refractivity (Wildman–Crippen MR) is 159 cm³/mol. The highest BCUT2D eigenvalue weighted by Crippen LogP contribution is 2.22. The molecule has 2 unspecified atom stereocenters. The van der Waals surface area contributed by atoms with Gasteiger partial charge < -0.3 is 26.0 Å². The number of amides is 3. The minimum Gasteiger partial charge on any atom is -0.492 e. The number of ether oxygens (including phenoxy) is 1. The van der Waals surface area contributed by atoms with E-state index in [1.165, 1.54) is 25.2 Å². The standard InChI is InChI=1S/C29H41N5O6S/c1-6-26(29(37)32-17-19(2)3)31-18-23-12-20-8-7-9-25(13-20)40-11-10-30-27(35)21-14-22(28(36)33-23)16-24(15-21)34(4)41(5,38)39/h7-9,13-16,19,23,26,31H,6,10-12,17-18H2,1-5H3,(H,30,35)(H,32,37)(H,33,36). The van der Waals surface area contributed by atoms with Crippen molar-refractivity contribution in [3.63, 3.8) is 0 Å². The van der Waals surface area contributed by atoms with Gasteiger partial charge in [-0.25, -0.2) is 8.42 Å².